The molecular formula is C10H18N4OS. The number of nitrogens with two attached hydrogens (primary N) is 1. The highest BCUT2D eigenvalue weighted by atomic mass is 32.2. The Balaban J connectivity index is 2.50. The lowest BCUT2D eigenvalue weighted by atomic mass is 10.3. The second-order valence-corrected chi connectivity index (χ2v) is 4.69. The zero-order valence-corrected chi connectivity index (χ0v) is 10.7. The molecule has 0 amide bonds. The largest absolute Gasteiger partial charge is 0.481 e. The second-order valence-electron chi connectivity index (χ2n) is 3.42. The van der Waals surface area contributed by atoms with Crippen LogP contribution in [0.4, 0.5) is 11.8 Å². The Hall–Kier alpha value is -1.17. The Kier molecular flexibility index (Phi) is 5.18. The zero-order valence-electron chi connectivity index (χ0n) is 9.86. The van der Waals surface area contributed by atoms with Gasteiger partial charge < -0.3 is 15.8 Å². The smallest absolute Gasteiger partial charge is 0.225 e. The maximum atomic E-state index is 5.55. The fourth-order valence-electron chi connectivity index (χ4n) is 1.16. The van der Waals surface area contributed by atoms with E-state index in [0.29, 0.717) is 16.9 Å². The lowest BCUT2D eigenvalue weighted by Crippen LogP contribution is -2.10. The maximum absolute atomic E-state index is 5.55. The van der Waals surface area contributed by atoms with Crippen molar-refractivity contribution in [2.45, 2.75) is 18.6 Å². The van der Waals surface area contributed by atoms with Gasteiger partial charge in [-0.05, 0) is 12.7 Å². The van der Waals surface area contributed by atoms with Crippen LogP contribution in [0.15, 0.2) is 6.07 Å². The van der Waals surface area contributed by atoms with E-state index in [1.807, 2.05) is 11.8 Å². The molecule has 16 heavy (non-hydrogen) atoms. The molecule has 1 rings (SSSR count). The summed E-state index contributed by atoms with van der Waals surface area (Å²) in [6.45, 7) is 3.06. The minimum atomic E-state index is 0.222. The van der Waals surface area contributed by atoms with Crippen LogP contribution in [0.1, 0.15) is 13.3 Å². The number of ether oxygens (including phenoxy) is 1. The Bertz CT molecular complexity index is 335. The van der Waals surface area contributed by atoms with E-state index in [0.717, 1.165) is 13.0 Å². The highest BCUT2D eigenvalue weighted by molar-refractivity contribution is 7.99. The Morgan fingerprint density at radius 2 is 2.31 bits per heavy atom. The number of thioether (sulfide) groups is 1. The molecule has 0 saturated heterocycles. The molecule has 1 aromatic rings. The van der Waals surface area contributed by atoms with Crippen LogP contribution in [0.2, 0.25) is 0 Å². The third-order valence-electron chi connectivity index (χ3n) is 2.19. The van der Waals surface area contributed by atoms with Crippen molar-refractivity contribution in [1.29, 1.82) is 0 Å². The van der Waals surface area contributed by atoms with E-state index < -0.39 is 0 Å². The molecule has 1 atom stereocenters. The Labute approximate surface area is 100 Å². The molecule has 0 spiro atoms. The van der Waals surface area contributed by atoms with E-state index in [1.54, 1.807) is 13.2 Å². The molecule has 0 radical (unpaired) electrons. The van der Waals surface area contributed by atoms with Gasteiger partial charge in [-0.15, -0.1) is 0 Å². The van der Waals surface area contributed by atoms with Crippen molar-refractivity contribution in [3.8, 4) is 5.88 Å². The van der Waals surface area contributed by atoms with Crippen molar-refractivity contribution in [3.63, 3.8) is 0 Å². The maximum Gasteiger partial charge on any atom is 0.225 e. The first kappa shape index (κ1) is 12.9. The summed E-state index contributed by atoms with van der Waals surface area (Å²) in [6.07, 6.45) is 3.18. The van der Waals surface area contributed by atoms with Crippen molar-refractivity contribution in [3.05, 3.63) is 6.07 Å². The topological polar surface area (TPSA) is 73.1 Å². The first-order chi connectivity index (χ1) is 7.65. The van der Waals surface area contributed by atoms with Gasteiger partial charge in [-0.25, -0.2) is 0 Å². The third kappa shape index (κ3) is 4.14. The molecule has 90 valence electrons. The van der Waals surface area contributed by atoms with Crippen LogP contribution in [0, 0.1) is 0 Å². The SMILES string of the molecule is COc1cc(NCCC(C)SC)nc(N)n1. The van der Waals surface area contributed by atoms with E-state index in [1.165, 1.54) is 0 Å². The summed E-state index contributed by atoms with van der Waals surface area (Å²) in [5, 5.41) is 3.83. The lowest BCUT2D eigenvalue weighted by molar-refractivity contribution is 0.398. The van der Waals surface area contributed by atoms with Gasteiger partial charge in [0.25, 0.3) is 0 Å². The van der Waals surface area contributed by atoms with E-state index in [2.05, 4.69) is 28.5 Å². The summed E-state index contributed by atoms with van der Waals surface area (Å²) in [6, 6.07) is 1.74. The van der Waals surface area contributed by atoms with Crippen LogP contribution in [-0.2, 0) is 0 Å². The highest BCUT2D eigenvalue weighted by Gasteiger charge is 2.03. The minimum absolute atomic E-state index is 0.222. The molecule has 0 fully saturated rings. The number of nitrogens with one attached hydrogen (secondary N) is 1. The van der Waals surface area contributed by atoms with Crippen LogP contribution in [-0.4, -0.2) is 35.1 Å². The number of nitrogens with zero attached hydrogens (tertiary/aromatic N) is 2. The van der Waals surface area contributed by atoms with Gasteiger partial charge in [-0.3, -0.25) is 0 Å². The van der Waals surface area contributed by atoms with Crippen molar-refractivity contribution in [2.75, 3.05) is 31.0 Å². The van der Waals surface area contributed by atoms with E-state index >= 15 is 0 Å². The van der Waals surface area contributed by atoms with E-state index in [-0.39, 0.29) is 5.95 Å². The predicted molar refractivity (Wildman–Crippen MR) is 69.1 cm³/mol. The van der Waals surface area contributed by atoms with Crippen molar-refractivity contribution >= 4 is 23.5 Å². The normalized spacial score (nSPS) is 12.2. The molecule has 0 aliphatic heterocycles. The predicted octanol–water partition coefficient (Wildman–Crippen LogP) is 1.62. The number of hydrogen-bond donors (Lipinski definition) is 2. The van der Waals surface area contributed by atoms with Gasteiger partial charge >= 0.3 is 0 Å². The molecule has 0 aromatic carbocycles. The van der Waals surface area contributed by atoms with Crippen LogP contribution < -0.4 is 15.8 Å². The standard InChI is InChI=1S/C10H18N4OS/c1-7(16-3)4-5-12-8-6-9(15-2)14-10(11)13-8/h6-7H,4-5H2,1-3H3,(H3,11,12,13,14). The van der Waals surface area contributed by atoms with Crippen molar-refractivity contribution in [2.24, 2.45) is 0 Å². The summed E-state index contributed by atoms with van der Waals surface area (Å²) < 4.78 is 5.01. The average molecular weight is 242 g/mol. The monoisotopic (exact) mass is 242 g/mol. The first-order valence-electron chi connectivity index (χ1n) is 5.11. The summed E-state index contributed by atoms with van der Waals surface area (Å²) in [5.41, 5.74) is 5.55. The molecule has 0 aliphatic rings. The summed E-state index contributed by atoms with van der Waals surface area (Å²) >= 11 is 1.85. The second kappa shape index (κ2) is 6.42. The Morgan fingerprint density at radius 1 is 1.56 bits per heavy atom. The fraction of sp³-hybridized carbons (Fsp3) is 0.600. The van der Waals surface area contributed by atoms with Crippen LogP contribution >= 0.6 is 11.8 Å². The van der Waals surface area contributed by atoms with E-state index in [4.69, 9.17) is 10.5 Å². The molecule has 0 aliphatic carbocycles. The average Bonchev–Trinajstić information content (AvgIpc) is 2.28. The van der Waals surface area contributed by atoms with Crippen LogP contribution in [0.5, 0.6) is 5.88 Å². The number of methoxy groups -OCH3 is 1. The third-order valence-corrected chi connectivity index (χ3v) is 3.23. The van der Waals surface area contributed by atoms with Gasteiger partial charge in [-0.1, -0.05) is 6.92 Å². The van der Waals surface area contributed by atoms with Gasteiger partial charge in [0.1, 0.15) is 5.82 Å². The van der Waals surface area contributed by atoms with Crippen LogP contribution in [0.3, 0.4) is 0 Å². The number of nitrogen functional groups attached to an aromatic ring is 1. The molecule has 1 unspecified atom stereocenters. The molecular weight excluding hydrogens is 224 g/mol. The fourth-order valence-corrected chi connectivity index (χ4v) is 1.51. The lowest BCUT2D eigenvalue weighted by Gasteiger charge is -2.10. The molecule has 1 heterocycles. The summed E-state index contributed by atoms with van der Waals surface area (Å²) in [4.78, 5) is 7.99. The quantitative estimate of drug-likeness (QED) is 0.789. The summed E-state index contributed by atoms with van der Waals surface area (Å²) in [7, 11) is 1.56. The first-order valence-corrected chi connectivity index (χ1v) is 6.39. The van der Waals surface area contributed by atoms with Gasteiger partial charge in [-0.2, -0.15) is 21.7 Å². The van der Waals surface area contributed by atoms with Gasteiger partial charge in [0.15, 0.2) is 0 Å². The molecule has 6 heteroatoms. The van der Waals surface area contributed by atoms with Gasteiger partial charge in [0.05, 0.1) is 7.11 Å². The molecule has 5 nitrogen and oxygen atoms in total. The van der Waals surface area contributed by atoms with Gasteiger partial charge in [0.2, 0.25) is 11.8 Å². The minimum Gasteiger partial charge on any atom is -0.481 e. The van der Waals surface area contributed by atoms with Crippen molar-refractivity contribution < 1.29 is 4.74 Å². The molecule has 0 bridgehead atoms. The summed E-state index contributed by atoms with van der Waals surface area (Å²) in [5.74, 6) is 1.41. The number of hydrogen-bond acceptors (Lipinski definition) is 6. The van der Waals surface area contributed by atoms with Gasteiger partial charge in [0, 0.05) is 17.9 Å². The number of anilines is 2. The van der Waals surface area contributed by atoms with Crippen LogP contribution in [0.25, 0.3) is 0 Å². The highest BCUT2D eigenvalue weighted by Crippen LogP contribution is 2.15. The van der Waals surface area contributed by atoms with Crippen molar-refractivity contribution in [1.82, 2.24) is 9.97 Å². The zero-order chi connectivity index (χ0) is 12.0. The molecule has 0 saturated carbocycles. The number of rotatable bonds is 6. The number of aromatic nitrogens is 2. The molecule has 1 aromatic heterocycles. The molecule has 3 N–H and O–H groups in total. The Morgan fingerprint density at radius 3 is 2.94 bits per heavy atom. The van der Waals surface area contributed by atoms with E-state index in [9.17, 15) is 0 Å².